The van der Waals surface area contributed by atoms with Gasteiger partial charge in [-0.2, -0.15) is 0 Å². The summed E-state index contributed by atoms with van der Waals surface area (Å²) >= 11 is 13.5. The average molecular weight is 433 g/mol. The van der Waals surface area contributed by atoms with Crippen molar-refractivity contribution in [2.45, 2.75) is 0 Å². The molecule has 0 N–H and O–H groups in total. The monoisotopic (exact) mass is 432 g/mol. The molecule has 0 radical (unpaired) electrons. The lowest BCUT2D eigenvalue weighted by Crippen LogP contribution is -2.49. The lowest BCUT2D eigenvalue weighted by molar-refractivity contribution is -0.132. The number of aromatic nitrogens is 1. The third-order valence-electron chi connectivity index (χ3n) is 4.54. The van der Waals surface area contributed by atoms with Crippen molar-refractivity contribution in [2.75, 3.05) is 68.9 Å². The van der Waals surface area contributed by atoms with E-state index in [1.807, 2.05) is 4.90 Å². The number of hydrogen-bond donors (Lipinski definition) is 0. The number of ether oxygens (including phenoxy) is 1. The fraction of sp³-hybridized carbons (Fsp3) is 0.588. The predicted molar refractivity (Wildman–Crippen MR) is 108 cm³/mol. The van der Waals surface area contributed by atoms with Crippen molar-refractivity contribution in [3.63, 3.8) is 0 Å². The molecule has 2 aliphatic rings. The Hall–Kier alpha value is -1.22. The minimum atomic E-state index is 0.0598. The highest BCUT2D eigenvalue weighted by molar-refractivity contribution is 8.00. The van der Waals surface area contributed by atoms with Crippen molar-refractivity contribution in [2.24, 2.45) is 0 Å². The molecule has 0 saturated carbocycles. The van der Waals surface area contributed by atoms with Gasteiger partial charge in [-0.15, -0.1) is 11.8 Å². The Bertz CT molecular complexity index is 680. The van der Waals surface area contributed by atoms with Crippen molar-refractivity contribution in [3.05, 3.63) is 22.3 Å². The summed E-state index contributed by atoms with van der Waals surface area (Å²) in [6.45, 7) is 5.00. The van der Waals surface area contributed by atoms with Crippen LogP contribution >= 0.6 is 35.0 Å². The Kier molecular flexibility index (Phi) is 7.46. The SMILES string of the molecule is O=C(CSCC(=O)N1CCN(c2ncc(Cl)cc2Cl)CC1)N1CCOCC1. The van der Waals surface area contributed by atoms with Gasteiger partial charge in [0.25, 0.3) is 0 Å². The minimum absolute atomic E-state index is 0.0598. The van der Waals surface area contributed by atoms with Crippen LogP contribution in [0.4, 0.5) is 5.82 Å². The van der Waals surface area contributed by atoms with Gasteiger partial charge in [0.2, 0.25) is 11.8 Å². The molecule has 1 aromatic heterocycles. The molecule has 3 rings (SSSR count). The van der Waals surface area contributed by atoms with Crippen LogP contribution in [-0.4, -0.2) is 90.6 Å². The first-order chi connectivity index (χ1) is 13.0. The van der Waals surface area contributed by atoms with Gasteiger partial charge in [-0.05, 0) is 6.07 Å². The highest BCUT2D eigenvalue weighted by atomic mass is 35.5. The van der Waals surface area contributed by atoms with E-state index in [1.165, 1.54) is 11.8 Å². The van der Waals surface area contributed by atoms with E-state index < -0.39 is 0 Å². The maximum absolute atomic E-state index is 12.4. The van der Waals surface area contributed by atoms with Crippen LogP contribution in [0.15, 0.2) is 12.3 Å². The predicted octanol–water partition coefficient (Wildman–Crippen LogP) is 1.63. The number of morpholine rings is 1. The smallest absolute Gasteiger partial charge is 0.232 e. The second-order valence-electron chi connectivity index (χ2n) is 6.31. The molecule has 0 unspecified atom stereocenters. The zero-order valence-electron chi connectivity index (χ0n) is 14.9. The summed E-state index contributed by atoms with van der Waals surface area (Å²) in [5, 5.41) is 1.01. The lowest BCUT2D eigenvalue weighted by Gasteiger charge is -2.35. The molecular formula is C17H22Cl2N4O3S. The highest BCUT2D eigenvalue weighted by Crippen LogP contribution is 2.26. The molecule has 27 heavy (non-hydrogen) atoms. The van der Waals surface area contributed by atoms with E-state index in [0.717, 1.165) is 0 Å². The lowest BCUT2D eigenvalue weighted by atomic mass is 10.3. The van der Waals surface area contributed by atoms with Gasteiger partial charge in [-0.1, -0.05) is 23.2 Å². The minimum Gasteiger partial charge on any atom is -0.378 e. The van der Waals surface area contributed by atoms with Crippen LogP contribution in [-0.2, 0) is 14.3 Å². The van der Waals surface area contributed by atoms with Gasteiger partial charge in [0.1, 0.15) is 5.82 Å². The van der Waals surface area contributed by atoms with Crippen molar-refractivity contribution in [1.29, 1.82) is 0 Å². The first kappa shape index (κ1) is 20.5. The Balaban J connectivity index is 1.40. The van der Waals surface area contributed by atoms with Crippen molar-refractivity contribution < 1.29 is 14.3 Å². The number of pyridine rings is 1. The molecule has 10 heteroatoms. The van der Waals surface area contributed by atoms with Crippen LogP contribution in [0.25, 0.3) is 0 Å². The van der Waals surface area contributed by atoms with Gasteiger partial charge >= 0.3 is 0 Å². The number of piperazine rings is 1. The van der Waals surface area contributed by atoms with Gasteiger partial charge in [-0.25, -0.2) is 4.98 Å². The molecule has 0 aliphatic carbocycles. The Morgan fingerprint density at radius 2 is 1.59 bits per heavy atom. The van der Waals surface area contributed by atoms with E-state index in [4.69, 9.17) is 27.9 Å². The van der Waals surface area contributed by atoms with Crippen molar-refractivity contribution >= 4 is 52.6 Å². The fourth-order valence-electron chi connectivity index (χ4n) is 3.03. The van der Waals surface area contributed by atoms with Gasteiger partial charge in [0.05, 0.1) is 34.8 Å². The summed E-state index contributed by atoms with van der Waals surface area (Å²) in [7, 11) is 0. The molecule has 148 valence electrons. The molecule has 7 nitrogen and oxygen atoms in total. The first-order valence-electron chi connectivity index (χ1n) is 8.81. The highest BCUT2D eigenvalue weighted by Gasteiger charge is 2.24. The average Bonchev–Trinajstić information content (AvgIpc) is 2.68. The number of anilines is 1. The molecule has 2 fully saturated rings. The molecule has 0 spiro atoms. The van der Waals surface area contributed by atoms with E-state index in [1.54, 1.807) is 17.2 Å². The third-order valence-corrected chi connectivity index (χ3v) is 5.92. The first-order valence-corrected chi connectivity index (χ1v) is 10.7. The van der Waals surface area contributed by atoms with Crippen LogP contribution in [0.1, 0.15) is 0 Å². The molecular weight excluding hydrogens is 411 g/mol. The number of halogens is 2. The van der Waals surface area contributed by atoms with E-state index in [2.05, 4.69) is 9.88 Å². The van der Waals surface area contributed by atoms with E-state index in [-0.39, 0.29) is 11.8 Å². The standard InChI is InChI=1S/C17H22Cl2N4O3S/c18-13-9-14(19)17(20-10-13)23-3-1-21(2-4-23)15(24)11-27-12-16(25)22-5-7-26-8-6-22/h9-10H,1-8,11-12H2. The van der Waals surface area contributed by atoms with E-state index in [9.17, 15) is 9.59 Å². The van der Waals surface area contributed by atoms with Crippen LogP contribution in [0.2, 0.25) is 10.0 Å². The summed E-state index contributed by atoms with van der Waals surface area (Å²) in [4.78, 5) is 34.5. The van der Waals surface area contributed by atoms with Gasteiger partial charge in [-0.3, -0.25) is 9.59 Å². The zero-order chi connectivity index (χ0) is 19.2. The number of hydrogen-bond acceptors (Lipinski definition) is 6. The number of nitrogens with zero attached hydrogens (tertiary/aromatic N) is 4. The van der Waals surface area contributed by atoms with Crippen molar-refractivity contribution in [3.8, 4) is 0 Å². The molecule has 0 atom stereocenters. The topological polar surface area (TPSA) is 66.0 Å². The van der Waals surface area contributed by atoms with Crippen LogP contribution < -0.4 is 4.90 Å². The largest absolute Gasteiger partial charge is 0.378 e. The molecule has 0 aromatic carbocycles. The number of thioether (sulfide) groups is 1. The number of amides is 2. The number of rotatable bonds is 5. The molecule has 3 heterocycles. The maximum Gasteiger partial charge on any atom is 0.232 e. The van der Waals surface area contributed by atoms with Crippen molar-refractivity contribution in [1.82, 2.24) is 14.8 Å². The summed E-state index contributed by atoms with van der Waals surface area (Å²) < 4.78 is 5.24. The Morgan fingerprint density at radius 3 is 2.19 bits per heavy atom. The Morgan fingerprint density at radius 1 is 1.00 bits per heavy atom. The summed E-state index contributed by atoms with van der Waals surface area (Å²) in [6.07, 6.45) is 1.57. The van der Waals surface area contributed by atoms with Crippen LogP contribution in [0.3, 0.4) is 0 Å². The second-order valence-corrected chi connectivity index (χ2v) is 8.14. The number of carbonyl (C=O) groups is 2. The summed E-state index contributed by atoms with van der Waals surface area (Å²) in [5.41, 5.74) is 0. The van der Waals surface area contributed by atoms with Gasteiger partial charge in [0.15, 0.2) is 0 Å². The maximum atomic E-state index is 12.4. The summed E-state index contributed by atoms with van der Waals surface area (Å²) in [6, 6.07) is 1.67. The summed E-state index contributed by atoms with van der Waals surface area (Å²) in [5.74, 6) is 1.47. The molecule has 0 bridgehead atoms. The van der Waals surface area contributed by atoms with E-state index in [0.29, 0.717) is 79.9 Å². The normalized spacial score (nSPS) is 17.9. The molecule has 2 saturated heterocycles. The zero-order valence-corrected chi connectivity index (χ0v) is 17.2. The van der Waals surface area contributed by atoms with E-state index >= 15 is 0 Å². The van der Waals surface area contributed by atoms with Gasteiger partial charge in [0, 0.05) is 45.5 Å². The second kappa shape index (κ2) is 9.82. The van der Waals surface area contributed by atoms with Crippen LogP contribution in [0.5, 0.6) is 0 Å². The third kappa shape index (κ3) is 5.63. The van der Waals surface area contributed by atoms with Crippen LogP contribution in [0, 0.1) is 0 Å². The fourth-order valence-corrected chi connectivity index (χ4v) is 4.34. The quantitative estimate of drug-likeness (QED) is 0.704. The molecule has 1 aromatic rings. The Labute approximate surface area is 172 Å². The van der Waals surface area contributed by atoms with Gasteiger partial charge < -0.3 is 19.4 Å². The molecule has 2 amide bonds. The number of carbonyl (C=O) groups excluding carboxylic acids is 2. The molecule has 2 aliphatic heterocycles.